The van der Waals surface area contributed by atoms with E-state index in [9.17, 15) is 4.79 Å². The molecule has 5 nitrogen and oxygen atoms in total. The molecule has 0 radical (unpaired) electrons. The summed E-state index contributed by atoms with van der Waals surface area (Å²) < 4.78 is 6.82. The van der Waals surface area contributed by atoms with Crippen LogP contribution in [0.1, 0.15) is 15.9 Å². The Morgan fingerprint density at radius 2 is 2.04 bits per heavy atom. The molecule has 1 heterocycles. The molecular formula is C18H16ClN3O2. The summed E-state index contributed by atoms with van der Waals surface area (Å²) in [6, 6.07) is 15.0. The first kappa shape index (κ1) is 16.1. The molecule has 0 saturated heterocycles. The number of carbonyl (C=O) groups is 1. The number of nitrogens with one attached hydrogen (secondary N) is 1. The summed E-state index contributed by atoms with van der Waals surface area (Å²) in [6.45, 7) is 0.614. The van der Waals surface area contributed by atoms with Crippen molar-refractivity contribution in [2.75, 3.05) is 12.4 Å². The Morgan fingerprint density at radius 1 is 1.25 bits per heavy atom. The molecule has 6 heteroatoms. The fourth-order valence-electron chi connectivity index (χ4n) is 2.29. The lowest BCUT2D eigenvalue weighted by Crippen LogP contribution is -2.11. The number of methoxy groups -OCH3 is 1. The molecule has 2 aromatic carbocycles. The van der Waals surface area contributed by atoms with E-state index in [1.807, 2.05) is 30.3 Å². The zero-order valence-electron chi connectivity index (χ0n) is 13.1. The number of ether oxygens (including phenoxy) is 1. The quantitative estimate of drug-likeness (QED) is 0.767. The van der Waals surface area contributed by atoms with Gasteiger partial charge < -0.3 is 10.1 Å². The highest BCUT2D eigenvalue weighted by Gasteiger charge is 2.10. The fourth-order valence-corrected chi connectivity index (χ4v) is 2.54. The van der Waals surface area contributed by atoms with E-state index >= 15 is 0 Å². The number of hydrogen-bond donors (Lipinski definition) is 1. The van der Waals surface area contributed by atoms with E-state index in [2.05, 4.69) is 10.4 Å². The van der Waals surface area contributed by atoms with Crippen LogP contribution < -0.4 is 10.1 Å². The van der Waals surface area contributed by atoms with E-state index in [0.717, 1.165) is 5.56 Å². The van der Waals surface area contributed by atoms with Crippen LogP contribution in [-0.2, 0) is 6.54 Å². The molecule has 0 aliphatic rings. The van der Waals surface area contributed by atoms with Crippen molar-refractivity contribution in [3.05, 3.63) is 77.1 Å². The van der Waals surface area contributed by atoms with Gasteiger partial charge in [-0.25, -0.2) is 0 Å². The molecule has 3 aromatic rings. The maximum Gasteiger partial charge on any atom is 0.258 e. The normalized spacial score (nSPS) is 10.4. The second-order valence-corrected chi connectivity index (χ2v) is 5.62. The van der Waals surface area contributed by atoms with Gasteiger partial charge in [0.15, 0.2) is 0 Å². The predicted octanol–water partition coefficient (Wildman–Crippen LogP) is 3.85. The van der Waals surface area contributed by atoms with Crippen molar-refractivity contribution in [2.24, 2.45) is 0 Å². The molecule has 1 aromatic heterocycles. The first-order valence-corrected chi connectivity index (χ1v) is 7.75. The van der Waals surface area contributed by atoms with Gasteiger partial charge in [0.2, 0.25) is 0 Å². The van der Waals surface area contributed by atoms with Crippen molar-refractivity contribution in [1.29, 1.82) is 0 Å². The highest BCUT2D eigenvalue weighted by Crippen LogP contribution is 2.27. The highest BCUT2D eigenvalue weighted by atomic mass is 35.5. The van der Waals surface area contributed by atoms with Gasteiger partial charge in [0.05, 0.1) is 30.4 Å². The molecule has 0 bridgehead atoms. The van der Waals surface area contributed by atoms with Crippen molar-refractivity contribution < 1.29 is 9.53 Å². The minimum absolute atomic E-state index is 0.240. The summed E-state index contributed by atoms with van der Waals surface area (Å²) in [7, 11) is 1.54. The van der Waals surface area contributed by atoms with E-state index in [-0.39, 0.29) is 5.91 Å². The summed E-state index contributed by atoms with van der Waals surface area (Å²) in [5.74, 6) is 0.320. The molecular weight excluding hydrogens is 326 g/mol. The van der Waals surface area contributed by atoms with Crippen molar-refractivity contribution in [3.63, 3.8) is 0 Å². The number of aromatic nitrogens is 2. The minimum atomic E-state index is -0.240. The Balaban J connectivity index is 1.68. The van der Waals surface area contributed by atoms with Crippen LogP contribution in [-0.4, -0.2) is 22.8 Å². The molecule has 24 heavy (non-hydrogen) atoms. The van der Waals surface area contributed by atoms with Gasteiger partial charge in [-0.3, -0.25) is 9.48 Å². The summed E-state index contributed by atoms with van der Waals surface area (Å²) in [6.07, 6.45) is 3.26. The van der Waals surface area contributed by atoms with Gasteiger partial charge in [0.1, 0.15) is 5.75 Å². The van der Waals surface area contributed by atoms with Crippen molar-refractivity contribution in [3.8, 4) is 5.75 Å². The lowest BCUT2D eigenvalue weighted by Gasteiger charge is -2.07. The number of carbonyl (C=O) groups excluding carboxylic acids is 1. The molecule has 3 rings (SSSR count). The summed E-state index contributed by atoms with van der Waals surface area (Å²) in [5, 5.41) is 7.46. The lowest BCUT2D eigenvalue weighted by atomic mass is 10.2. The molecule has 0 unspecified atom stereocenters. The zero-order chi connectivity index (χ0) is 16.9. The number of rotatable bonds is 5. The molecule has 0 spiro atoms. The SMILES string of the molecule is COc1ccc(NC(=O)c2cnn(Cc3ccccc3)c2)cc1Cl. The maximum atomic E-state index is 12.3. The third-order valence-corrected chi connectivity index (χ3v) is 3.79. The Hall–Kier alpha value is -2.79. The Bertz CT molecular complexity index is 846. The van der Waals surface area contributed by atoms with Crippen LogP contribution in [0.25, 0.3) is 0 Å². The maximum absolute atomic E-state index is 12.3. The van der Waals surface area contributed by atoms with Crippen LogP contribution in [0.2, 0.25) is 5.02 Å². The van der Waals surface area contributed by atoms with Crippen LogP contribution in [0.15, 0.2) is 60.9 Å². The number of benzene rings is 2. The van der Waals surface area contributed by atoms with Crippen molar-refractivity contribution >= 4 is 23.2 Å². The van der Waals surface area contributed by atoms with Crippen LogP contribution in [0.4, 0.5) is 5.69 Å². The van der Waals surface area contributed by atoms with E-state index in [1.54, 1.807) is 42.4 Å². The summed E-state index contributed by atoms with van der Waals surface area (Å²) in [5.41, 5.74) is 2.20. The Morgan fingerprint density at radius 3 is 2.75 bits per heavy atom. The van der Waals surface area contributed by atoms with Gasteiger partial charge in [-0.1, -0.05) is 41.9 Å². The van der Waals surface area contributed by atoms with E-state index in [4.69, 9.17) is 16.3 Å². The van der Waals surface area contributed by atoms with Gasteiger partial charge in [0, 0.05) is 11.9 Å². The molecule has 0 saturated carbocycles. The average molecular weight is 342 g/mol. The van der Waals surface area contributed by atoms with Crippen LogP contribution in [0.5, 0.6) is 5.75 Å². The van der Waals surface area contributed by atoms with Crippen molar-refractivity contribution in [2.45, 2.75) is 6.54 Å². The largest absolute Gasteiger partial charge is 0.495 e. The smallest absolute Gasteiger partial charge is 0.258 e. The molecule has 0 aliphatic carbocycles. The molecule has 0 fully saturated rings. The van der Waals surface area contributed by atoms with Crippen LogP contribution in [0, 0.1) is 0 Å². The first-order valence-electron chi connectivity index (χ1n) is 7.37. The summed E-state index contributed by atoms with van der Waals surface area (Å²) >= 11 is 6.06. The standard InChI is InChI=1S/C18H16ClN3O2/c1-24-17-8-7-15(9-16(17)19)21-18(23)14-10-20-22(12-14)11-13-5-3-2-4-6-13/h2-10,12H,11H2,1H3,(H,21,23). The van der Waals surface area contributed by atoms with E-state index in [1.165, 1.54) is 0 Å². The fraction of sp³-hybridized carbons (Fsp3) is 0.111. The number of halogens is 1. The third kappa shape index (κ3) is 3.75. The van der Waals surface area contributed by atoms with Gasteiger partial charge in [-0.15, -0.1) is 0 Å². The van der Waals surface area contributed by atoms with Gasteiger partial charge >= 0.3 is 0 Å². The van der Waals surface area contributed by atoms with Gasteiger partial charge in [-0.2, -0.15) is 5.10 Å². The number of hydrogen-bond acceptors (Lipinski definition) is 3. The van der Waals surface area contributed by atoms with Gasteiger partial charge in [0.25, 0.3) is 5.91 Å². The van der Waals surface area contributed by atoms with Gasteiger partial charge in [-0.05, 0) is 23.8 Å². The Labute approximate surface area is 144 Å². The van der Waals surface area contributed by atoms with Crippen LogP contribution >= 0.6 is 11.6 Å². The molecule has 1 amide bonds. The number of nitrogens with zero attached hydrogens (tertiary/aromatic N) is 2. The third-order valence-electron chi connectivity index (χ3n) is 3.49. The predicted molar refractivity (Wildman–Crippen MR) is 93.7 cm³/mol. The van der Waals surface area contributed by atoms with Crippen LogP contribution in [0.3, 0.4) is 0 Å². The molecule has 0 aliphatic heterocycles. The molecule has 1 N–H and O–H groups in total. The highest BCUT2D eigenvalue weighted by molar-refractivity contribution is 6.32. The second kappa shape index (κ2) is 7.19. The topological polar surface area (TPSA) is 56.1 Å². The Kier molecular flexibility index (Phi) is 4.82. The van der Waals surface area contributed by atoms with Crippen molar-refractivity contribution in [1.82, 2.24) is 9.78 Å². The average Bonchev–Trinajstić information content (AvgIpc) is 3.04. The number of amides is 1. The monoisotopic (exact) mass is 341 g/mol. The van der Waals surface area contributed by atoms with E-state index < -0.39 is 0 Å². The summed E-state index contributed by atoms with van der Waals surface area (Å²) in [4.78, 5) is 12.3. The lowest BCUT2D eigenvalue weighted by molar-refractivity contribution is 0.102. The molecule has 0 atom stereocenters. The number of anilines is 1. The zero-order valence-corrected chi connectivity index (χ0v) is 13.8. The second-order valence-electron chi connectivity index (χ2n) is 5.22. The molecule has 122 valence electrons. The first-order chi connectivity index (χ1) is 11.7. The minimum Gasteiger partial charge on any atom is -0.495 e. The van der Waals surface area contributed by atoms with E-state index in [0.29, 0.717) is 28.6 Å².